The van der Waals surface area contributed by atoms with Crippen molar-refractivity contribution in [1.82, 2.24) is 0 Å². The van der Waals surface area contributed by atoms with Crippen molar-refractivity contribution in [3.8, 4) is 0 Å². The zero-order valence-corrected chi connectivity index (χ0v) is 11.4. The number of ether oxygens (including phenoxy) is 1. The number of hydrogen-bond acceptors (Lipinski definition) is 2. The van der Waals surface area contributed by atoms with E-state index in [0.29, 0.717) is 5.92 Å². The van der Waals surface area contributed by atoms with E-state index in [0.717, 1.165) is 5.56 Å². The molecule has 1 atom stereocenters. The molecule has 94 valence electrons. The molecule has 0 radical (unpaired) electrons. The van der Waals surface area contributed by atoms with Crippen LogP contribution in [0.5, 0.6) is 0 Å². The summed E-state index contributed by atoms with van der Waals surface area (Å²) >= 11 is 0. The molecule has 0 aromatic heterocycles. The zero-order valence-electron chi connectivity index (χ0n) is 11.4. The highest BCUT2D eigenvalue weighted by atomic mass is 16.5. The second-order valence-corrected chi connectivity index (χ2v) is 5.07. The summed E-state index contributed by atoms with van der Waals surface area (Å²) in [7, 11) is 1.44. The summed E-state index contributed by atoms with van der Waals surface area (Å²) in [6.07, 6.45) is 0. The molecule has 0 saturated heterocycles. The van der Waals surface area contributed by atoms with Gasteiger partial charge in [0.15, 0.2) is 0 Å². The number of rotatable bonds is 4. The largest absolute Gasteiger partial charge is 0.469 e. The molecule has 1 unspecified atom stereocenters. The van der Waals surface area contributed by atoms with Crippen LogP contribution in [-0.2, 0) is 9.53 Å². The maximum Gasteiger partial charge on any atom is 0.313 e. The molecular formula is C15H22O2. The fourth-order valence-electron chi connectivity index (χ4n) is 2.01. The molecule has 17 heavy (non-hydrogen) atoms. The predicted molar refractivity (Wildman–Crippen MR) is 70.1 cm³/mol. The van der Waals surface area contributed by atoms with Crippen molar-refractivity contribution >= 4 is 5.97 Å². The predicted octanol–water partition coefficient (Wildman–Crippen LogP) is 3.72. The van der Waals surface area contributed by atoms with E-state index >= 15 is 0 Å². The van der Waals surface area contributed by atoms with Gasteiger partial charge in [0, 0.05) is 0 Å². The standard InChI is InChI=1S/C15H22O2/c1-10(2)12-6-8-13(9-7-12)14(11(3)4)15(16)17-5/h6-11,14H,1-5H3. The second-order valence-electron chi connectivity index (χ2n) is 5.07. The van der Waals surface area contributed by atoms with Crippen LogP contribution in [0, 0.1) is 5.92 Å². The van der Waals surface area contributed by atoms with Gasteiger partial charge in [0.05, 0.1) is 13.0 Å². The Bertz CT molecular complexity index is 363. The first-order valence-electron chi connectivity index (χ1n) is 6.15. The molecule has 0 aliphatic heterocycles. The molecule has 0 N–H and O–H groups in total. The molecule has 2 heteroatoms. The number of carbonyl (C=O) groups is 1. The summed E-state index contributed by atoms with van der Waals surface area (Å²) in [5, 5.41) is 0. The summed E-state index contributed by atoms with van der Waals surface area (Å²) in [5.74, 6) is 0.436. The lowest BCUT2D eigenvalue weighted by Gasteiger charge is -2.19. The lowest BCUT2D eigenvalue weighted by Crippen LogP contribution is -2.19. The van der Waals surface area contributed by atoms with E-state index in [1.165, 1.54) is 12.7 Å². The van der Waals surface area contributed by atoms with Crippen LogP contribution in [0.2, 0.25) is 0 Å². The van der Waals surface area contributed by atoms with E-state index in [9.17, 15) is 4.79 Å². The van der Waals surface area contributed by atoms with E-state index < -0.39 is 0 Å². The molecule has 2 nitrogen and oxygen atoms in total. The van der Waals surface area contributed by atoms with E-state index in [1.54, 1.807) is 0 Å². The van der Waals surface area contributed by atoms with Crippen molar-refractivity contribution in [2.45, 2.75) is 39.5 Å². The SMILES string of the molecule is COC(=O)C(c1ccc(C(C)C)cc1)C(C)C. The van der Waals surface area contributed by atoms with Gasteiger partial charge in [-0.2, -0.15) is 0 Å². The van der Waals surface area contributed by atoms with Gasteiger partial charge in [-0.1, -0.05) is 52.0 Å². The van der Waals surface area contributed by atoms with Crippen LogP contribution in [0.25, 0.3) is 0 Å². The van der Waals surface area contributed by atoms with Crippen LogP contribution in [0.15, 0.2) is 24.3 Å². The van der Waals surface area contributed by atoms with Crippen LogP contribution in [0.4, 0.5) is 0 Å². The Morgan fingerprint density at radius 2 is 1.47 bits per heavy atom. The maximum atomic E-state index is 11.8. The highest BCUT2D eigenvalue weighted by Crippen LogP contribution is 2.27. The Morgan fingerprint density at radius 3 is 1.82 bits per heavy atom. The van der Waals surface area contributed by atoms with Crippen molar-refractivity contribution in [2.24, 2.45) is 5.92 Å². The molecule has 0 amide bonds. The average Bonchev–Trinajstić information content (AvgIpc) is 2.29. The molecule has 0 saturated carbocycles. The summed E-state index contributed by atoms with van der Waals surface area (Å²) in [4.78, 5) is 11.8. The van der Waals surface area contributed by atoms with Gasteiger partial charge >= 0.3 is 5.97 Å². The lowest BCUT2D eigenvalue weighted by atomic mass is 9.87. The van der Waals surface area contributed by atoms with E-state index in [4.69, 9.17) is 4.74 Å². The first kappa shape index (κ1) is 13.8. The number of hydrogen-bond donors (Lipinski definition) is 0. The van der Waals surface area contributed by atoms with Gasteiger partial charge in [-0.15, -0.1) is 0 Å². The van der Waals surface area contributed by atoms with Crippen molar-refractivity contribution in [3.05, 3.63) is 35.4 Å². The quantitative estimate of drug-likeness (QED) is 0.742. The van der Waals surface area contributed by atoms with Crippen molar-refractivity contribution < 1.29 is 9.53 Å². The van der Waals surface area contributed by atoms with Crippen LogP contribution in [0.3, 0.4) is 0 Å². The van der Waals surface area contributed by atoms with Gasteiger partial charge in [0.2, 0.25) is 0 Å². The summed E-state index contributed by atoms with van der Waals surface area (Å²) < 4.78 is 4.87. The molecular weight excluding hydrogens is 212 g/mol. The third kappa shape index (κ3) is 3.32. The van der Waals surface area contributed by atoms with Gasteiger partial charge < -0.3 is 4.74 Å². The highest BCUT2D eigenvalue weighted by molar-refractivity contribution is 5.78. The monoisotopic (exact) mass is 234 g/mol. The fraction of sp³-hybridized carbons (Fsp3) is 0.533. The minimum atomic E-state index is -0.166. The van der Waals surface area contributed by atoms with Gasteiger partial charge in [-0.25, -0.2) is 0 Å². The molecule has 1 rings (SSSR count). The van der Waals surface area contributed by atoms with Crippen molar-refractivity contribution in [3.63, 3.8) is 0 Å². The smallest absolute Gasteiger partial charge is 0.313 e. The fourth-order valence-corrected chi connectivity index (χ4v) is 2.01. The molecule has 0 aliphatic carbocycles. The molecule has 0 spiro atoms. The summed E-state index contributed by atoms with van der Waals surface area (Å²) in [6, 6.07) is 8.27. The Kier molecular flexibility index (Phi) is 4.73. The Balaban J connectivity index is 3.00. The highest BCUT2D eigenvalue weighted by Gasteiger charge is 2.24. The molecule has 0 bridgehead atoms. The molecule has 1 aromatic rings. The summed E-state index contributed by atoms with van der Waals surface area (Å²) in [6.45, 7) is 8.40. The number of esters is 1. The van der Waals surface area contributed by atoms with Crippen molar-refractivity contribution in [2.75, 3.05) is 7.11 Å². The van der Waals surface area contributed by atoms with Crippen molar-refractivity contribution in [1.29, 1.82) is 0 Å². The lowest BCUT2D eigenvalue weighted by molar-refractivity contribution is -0.143. The minimum absolute atomic E-state index is 0.155. The van der Waals surface area contributed by atoms with E-state index in [-0.39, 0.29) is 17.8 Å². The van der Waals surface area contributed by atoms with Gasteiger partial charge in [0.25, 0.3) is 0 Å². The first-order valence-corrected chi connectivity index (χ1v) is 6.15. The van der Waals surface area contributed by atoms with E-state index in [1.807, 2.05) is 26.0 Å². The Labute approximate surface area is 104 Å². The molecule has 0 fully saturated rings. The topological polar surface area (TPSA) is 26.3 Å². The number of methoxy groups -OCH3 is 1. The van der Waals surface area contributed by atoms with Crippen LogP contribution in [-0.4, -0.2) is 13.1 Å². The summed E-state index contributed by atoms with van der Waals surface area (Å²) in [5.41, 5.74) is 2.33. The van der Waals surface area contributed by atoms with Crippen LogP contribution < -0.4 is 0 Å². The maximum absolute atomic E-state index is 11.8. The number of carbonyl (C=O) groups excluding carboxylic acids is 1. The molecule has 0 heterocycles. The average molecular weight is 234 g/mol. The van der Waals surface area contributed by atoms with Gasteiger partial charge in [0.1, 0.15) is 0 Å². The normalized spacial score (nSPS) is 12.9. The van der Waals surface area contributed by atoms with Gasteiger partial charge in [-0.05, 0) is 23.0 Å². The first-order chi connectivity index (χ1) is 7.97. The number of benzene rings is 1. The molecule has 1 aromatic carbocycles. The zero-order chi connectivity index (χ0) is 13.0. The van der Waals surface area contributed by atoms with Crippen LogP contribution in [0.1, 0.15) is 50.7 Å². The third-order valence-electron chi connectivity index (χ3n) is 3.08. The molecule has 0 aliphatic rings. The Hall–Kier alpha value is -1.31. The third-order valence-corrected chi connectivity index (χ3v) is 3.08. The van der Waals surface area contributed by atoms with Crippen LogP contribution >= 0.6 is 0 Å². The Morgan fingerprint density at radius 1 is 1.00 bits per heavy atom. The van der Waals surface area contributed by atoms with E-state index in [2.05, 4.69) is 26.0 Å². The minimum Gasteiger partial charge on any atom is -0.469 e. The van der Waals surface area contributed by atoms with Gasteiger partial charge in [-0.3, -0.25) is 4.79 Å². The second kappa shape index (κ2) is 5.85.